The predicted octanol–water partition coefficient (Wildman–Crippen LogP) is 2.84. The summed E-state index contributed by atoms with van der Waals surface area (Å²) in [6.45, 7) is 9.60. The second kappa shape index (κ2) is 7.96. The molecule has 0 aliphatic heterocycles. The number of furan rings is 1. The van der Waals surface area contributed by atoms with E-state index in [0.717, 1.165) is 44.1 Å². The molecular weight excluding hydrogens is 276 g/mol. The summed E-state index contributed by atoms with van der Waals surface area (Å²) in [6.07, 6.45) is 6.62. The normalized spacial score (nSPS) is 11.5. The molecule has 0 radical (unpaired) electrons. The molecule has 22 heavy (non-hydrogen) atoms. The van der Waals surface area contributed by atoms with Crippen LogP contribution in [-0.2, 0) is 13.1 Å². The van der Waals surface area contributed by atoms with E-state index in [1.807, 2.05) is 25.3 Å². The second-order valence-electron chi connectivity index (χ2n) is 5.85. The Kier molecular flexibility index (Phi) is 5.98. The van der Waals surface area contributed by atoms with Gasteiger partial charge in [0, 0.05) is 31.0 Å². The van der Waals surface area contributed by atoms with Crippen LogP contribution in [0.2, 0.25) is 0 Å². The number of aromatic nitrogens is 2. The standard InChI is InChI=1S/C17H26N4O/c1-5-21-13-16(15(2)18-21)12-20(10-7-9-19(3)4)14-17-8-6-11-22-17/h5-6,8,11,13H,1,7,9-10,12,14H2,2-4H3. The topological polar surface area (TPSA) is 37.4 Å². The molecule has 0 aliphatic rings. The van der Waals surface area contributed by atoms with Crippen molar-refractivity contribution in [2.45, 2.75) is 26.4 Å². The van der Waals surface area contributed by atoms with E-state index >= 15 is 0 Å². The molecule has 2 heterocycles. The zero-order chi connectivity index (χ0) is 15.9. The maximum absolute atomic E-state index is 5.50. The van der Waals surface area contributed by atoms with E-state index in [4.69, 9.17) is 4.42 Å². The van der Waals surface area contributed by atoms with Gasteiger partial charge in [0.15, 0.2) is 0 Å². The third kappa shape index (κ3) is 4.86. The lowest BCUT2D eigenvalue weighted by Crippen LogP contribution is -2.26. The molecule has 5 heteroatoms. The highest BCUT2D eigenvalue weighted by molar-refractivity contribution is 5.23. The van der Waals surface area contributed by atoms with E-state index in [9.17, 15) is 0 Å². The molecule has 0 spiro atoms. The van der Waals surface area contributed by atoms with Gasteiger partial charge < -0.3 is 9.32 Å². The molecule has 0 atom stereocenters. The molecule has 0 aliphatic carbocycles. The summed E-state index contributed by atoms with van der Waals surface area (Å²) in [7, 11) is 4.21. The van der Waals surface area contributed by atoms with Crippen LogP contribution in [0.3, 0.4) is 0 Å². The highest BCUT2D eigenvalue weighted by atomic mass is 16.3. The minimum atomic E-state index is 0.819. The first-order chi connectivity index (χ1) is 10.6. The fraction of sp³-hybridized carbons (Fsp3) is 0.471. The summed E-state index contributed by atoms with van der Waals surface area (Å²) in [6, 6.07) is 3.97. The largest absolute Gasteiger partial charge is 0.468 e. The van der Waals surface area contributed by atoms with Crippen LogP contribution < -0.4 is 0 Å². The van der Waals surface area contributed by atoms with Gasteiger partial charge >= 0.3 is 0 Å². The third-order valence-corrected chi connectivity index (χ3v) is 3.64. The van der Waals surface area contributed by atoms with Crippen molar-refractivity contribution in [3.8, 4) is 0 Å². The Balaban J connectivity index is 2.01. The summed E-state index contributed by atoms with van der Waals surface area (Å²) in [5.74, 6) is 0.999. The van der Waals surface area contributed by atoms with Crippen molar-refractivity contribution in [3.63, 3.8) is 0 Å². The second-order valence-corrected chi connectivity index (χ2v) is 5.85. The zero-order valence-electron chi connectivity index (χ0n) is 13.8. The van der Waals surface area contributed by atoms with Gasteiger partial charge in [-0.15, -0.1) is 0 Å². The van der Waals surface area contributed by atoms with Crippen molar-refractivity contribution < 1.29 is 4.42 Å². The van der Waals surface area contributed by atoms with Crippen LogP contribution in [0.4, 0.5) is 0 Å². The molecule has 0 saturated heterocycles. The molecule has 0 N–H and O–H groups in total. The first-order valence-corrected chi connectivity index (χ1v) is 7.65. The first kappa shape index (κ1) is 16.5. The minimum absolute atomic E-state index is 0.819. The molecule has 0 aromatic carbocycles. The van der Waals surface area contributed by atoms with Crippen LogP contribution in [0.5, 0.6) is 0 Å². The third-order valence-electron chi connectivity index (χ3n) is 3.64. The number of hydrogen-bond acceptors (Lipinski definition) is 4. The van der Waals surface area contributed by atoms with Gasteiger partial charge in [-0.1, -0.05) is 6.58 Å². The summed E-state index contributed by atoms with van der Waals surface area (Å²) in [5, 5.41) is 4.43. The lowest BCUT2D eigenvalue weighted by Gasteiger charge is -2.22. The van der Waals surface area contributed by atoms with Crippen molar-refractivity contribution in [2.75, 3.05) is 27.2 Å². The summed E-state index contributed by atoms with van der Waals surface area (Å²) in [4.78, 5) is 4.62. The number of hydrogen-bond donors (Lipinski definition) is 0. The van der Waals surface area contributed by atoms with Gasteiger partial charge in [-0.3, -0.25) is 4.90 Å². The molecule has 5 nitrogen and oxygen atoms in total. The Bertz CT molecular complexity index is 572. The van der Waals surface area contributed by atoms with Crippen molar-refractivity contribution in [2.24, 2.45) is 0 Å². The lowest BCUT2D eigenvalue weighted by molar-refractivity contribution is 0.222. The molecule has 0 amide bonds. The van der Waals surface area contributed by atoms with E-state index < -0.39 is 0 Å². The highest BCUT2D eigenvalue weighted by Gasteiger charge is 2.12. The van der Waals surface area contributed by atoms with Crippen LogP contribution >= 0.6 is 0 Å². The van der Waals surface area contributed by atoms with E-state index in [1.165, 1.54) is 5.56 Å². The highest BCUT2D eigenvalue weighted by Crippen LogP contribution is 2.14. The summed E-state index contributed by atoms with van der Waals surface area (Å²) < 4.78 is 7.27. The van der Waals surface area contributed by atoms with Gasteiger partial charge in [-0.05, 0) is 46.1 Å². The Morgan fingerprint density at radius 2 is 2.14 bits per heavy atom. The van der Waals surface area contributed by atoms with Crippen molar-refractivity contribution >= 4 is 6.20 Å². The van der Waals surface area contributed by atoms with Crippen molar-refractivity contribution in [3.05, 3.63) is 48.2 Å². The van der Waals surface area contributed by atoms with Crippen LogP contribution in [0.15, 0.2) is 35.6 Å². The summed E-state index contributed by atoms with van der Waals surface area (Å²) >= 11 is 0. The number of nitrogens with zero attached hydrogens (tertiary/aromatic N) is 4. The van der Waals surface area contributed by atoms with Gasteiger partial charge in [0.1, 0.15) is 5.76 Å². The average molecular weight is 302 g/mol. The van der Waals surface area contributed by atoms with Gasteiger partial charge in [0.05, 0.1) is 18.5 Å². The number of rotatable bonds is 9. The molecule has 120 valence electrons. The number of aryl methyl sites for hydroxylation is 1. The molecular formula is C17H26N4O. The fourth-order valence-corrected chi connectivity index (χ4v) is 2.46. The molecule has 0 saturated carbocycles. The minimum Gasteiger partial charge on any atom is -0.468 e. The SMILES string of the molecule is C=Cn1cc(CN(CCCN(C)C)Cc2ccco2)c(C)n1. The monoisotopic (exact) mass is 302 g/mol. The van der Waals surface area contributed by atoms with Gasteiger partial charge in [-0.2, -0.15) is 5.10 Å². The molecule has 0 bridgehead atoms. The smallest absolute Gasteiger partial charge is 0.117 e. The zero-order valence-corrected chi connectivity index (χ0v) is 13.8. The lowest BCUT2D eigenvalue weighted by atomic mass is 10.2. The van der Waals surface area contributed by atoms with E-state index in [2.05, 4.69) is 35.6 Å². The van der Waals surface area contributed by atoms with E-state index in [1.54, 1.807) is 17.1 Å². The first-order valence-electron chi connectivity index (χ1n) is 7.65. The fourth-order valence-electron chi connectivity index (χ4n) is 2.46. The van der Waals surface area contributed by atoms with Gasteiger partial charge in [0.25, 0.3) is 0 Å². The van der Waals surface area contributed by atoms with Gasteiger partial charge in [-0.25, -0.2) is 4.68 Å². The Labute approximate surface area is 132 Å². The summed E-state index contributed by atoms with van der Waals surface area (Å²) in [5.41, 5.74) is 2.29. The van der Waals surface area contributed by atoms with Crippen LogP contribution in [0.25, 0.3) is 6.20 Å². The van der Waals surface area contributed by atoms with Crippen molar-refractivity contribution in [1.29, 1.82) is 0 Å². The van der Waals surface area contributed by atoms with Crippen LogP contribution in [0.1, 0.15) is 23.4 Å². The maximum Gasteiger partial charge on any atom is 0.117 e. The molecule has 0 unspecified atom stereocenters. The average Bonchev–Trinajstić information content (AvgIpc) is 3.09. The molecule has 2 rings (SSSR count). The van der Waals surface area contributed by atoms with E-state index in [0.29, 0.717) is 0 Å². The van der Waals surface area contributed by atoms with Crippen LogP contribution in [0, 0.1) is 6.92 Å². The van der Waals surface area contributed by atoms with Gasteiger partial charge in [0.2, 0.25) is 0 Å². The quantitative estimate of drug-likeness (QED) is 0.714. The molecule has 2 aromatic rings. The Morgan fingerprint density at radius 1 is 1.32 bits per heavy atom. The Morgan fingerprint density at radius 3 is 2.73 bits per heavy atom. The molecule has 0 fully saturated rings. The maximum atomic E-state index is 5.50. The van der Waals surface area contributed by atoms with E-state index in [-0.39, 0.29) is 0 Å². The molecule has 2 aromatic heterocycles. The van der Waals surface area contributed by atoms with Crippen molar-refractivity contribution in [1.82, 2.24) is 19.6 Å². The van der Waals surface area contributed by atoms with Crippen LogP contribution in [-0.4, -0.2) is 46.8 Å². The predicted molar refractivity (Wildman–Crippen MR) is 89.3 cm³/mol. The Hall–Kier alpha value is -1.85.